The average Bonchev–Trinajstić information content (AvgIpc) is 2.29. The molecule has 1 heterocycles. The molecular formula is C12H12N2O2S. The molecular weight excluding hydrogens is 236 g/mol. The fourth-order valence-electron chi connectivity index (χ4n) is 1.56. The first-order valence-electron chi connectivity index (χ1n) is 5.03. The normalized spacial score (nSPS) is 12.3. The molecule has 0 amide bonds. The third-order valence-corrected chi connectivity index (χ3v) is 2.94. The lowest BCUT2D eigenvalue weighted by Crippen LogP contribution is -1.93. The molecule has 1 unspecified atom stereocenters. The Labute approximate surface area is 102 Å². The van der Waals surface area contributed by atoms with Gasteiger partial charge in [0, 0.05) is 6.20 Å². The first kappa shape index (κ1) is 11.8. The molecule has 0 aliphatic rings. The SMILES string of the molecule is Nc1cc(-c2ccc(CS(=O)O)cc2)ccn1. The lowest BCUT2D eigenvalue weighted by atomic mass is 10.1. The van der Waals surface area contributed by atoms with Crippen molar-refractivity contribution in [1.29, 1.82) is 0 Å². The number of nitrogens with zero attached hydrogens (tertiary/aromatic N) is 1. The minimum absolute atomic E-state index is 0.152. The van der Waals surface area contributed by atoms with Crippen LogP contribution in [0.15, 0.2) is 42.6 Å². The van der Waals surface area contributed by atoms with Crippen LogP contribution in [0.1, 0.15) is 5.56 Å². The van der Waals surface area contributed by atoms with Crippen molar-refractivity contribution in [3.63, 3.8) is 0 Å². The van der Waals surface area contributed by atoms with Crippen LogP contribution in [0.2, 0.25) is 0 Å². The van der Waals surface area contributed by atoms with E-state index in [2.05, 4.69) is 4.98 Å². The van der Waals surface area contributed by atoms with Gasteiger partial charge in [-0.05, 0) is 28.8 Å². The molecule has 0 fully saturated rings. The average molecular weight is 248 g/mol. The summed E-state index contributed by atoms with van der Waals surface area (Å²) in [6, 6.07) is 11.1. The van der Waals surface area contributed by atoms with Crippen LogP contribution in [0.25, 0.3) is 11.1 Å². The molecule has 88 valence electrons. The number of hydrogen-bond acceptors (Lipinski definition) is 3. The third-order valence-electron chi connectivity index (χ3n) is 2.36. The van der Waals surface area contributed by atoms with Crippen molar-refractivity contribution in [2.24, 2.45) is 0 Å². The summed E-state index contributed by atoms with van der Waals surface area (Å²) >= 11 is -1.80. The number of nitrogens with two attached hydrogens (primary N) is 1. The van der Waals surface area contributed by atoms with Crippen molar-refractivity contribution in [2.45, 2.75) is 5.75 Å². The second-order valence-electron chi connectivity index (χ2n) is 3.63. The van der Waals surface area contributed by atoms with Crippen LogP contribution in [-0.2, 0) is 16.8 Å². The van der Waals surface area contributed by atoms with Gasteiger partial charge < -0.3 is 10.3 Å². The van der Waals surface area contributed by atoms with Gasteiger partial charge in [0.25, 0.3) is 0 Å². The highest BCUT2D eigenvalue weighted by molar-refractivity contribution is 7.78. The number of aromatic nitrogens is 1. The molecule has 2 rings (SSSR count). The summed E-state index contributed by atoms with van der Waals surface area (Å²) in [5.41, 5.74) is 8.42. The molecule has 1 aromatic carbocycles. The van der Waals surface area contributed by atoms with Crippen molar-refractivity contribution >= 4 is 16.9 Å². The van der Waals surface area contributed by atoms with Gasteiger partial charge in [-0.2, -0.15) is 0 Å². The van der Waals surface area contributed by atoms with Crippen molar-refractivity contribution < 1.29 is 8.76 Å². The van der Waals surface area contributed by atoms with E-state index < -0.39 is 11.1 Å². The van der Waals surface area contributed by atoms with E-state index >= 15 is 0 Å². The summed E-state index contributed by atoms with van der Waals surface area (Å²) in [6.07, 6.45) is 1.65. The molecule has 1 atom stereocenters. The zero-order valence-corrected chi connectivity index (χ0v) is 9.85. The Kier molecular flexibility index (Phi) is 3.51. The summed E-state index contributed by atoms with van der Waals surface area (Å²) in [5.74, 6) is 0.627. The predicted molar refractivity (Wildman–Crippen MR) is 68.6 cm³/mol. The molecule has 2 aromatic rings. The van der Waals surface area contributed by atoms with Crippen LogP contribution in [0, 0.1) is 0 Å². The Morgan fingerprint density at radius 2 is 1.88 bits per heavy atom. The van der Waals surface area contributed by atoms with Crippen LogP contribution >= 0.6 is 0 Å². The van der Waals surface area contributed by atoms with Gasteiger partial charge >= 0.3 is 0 Å². The topological polar surface area (TPSA) is 76.2 Å². The van der Waals surface area contributed by atoms with Crippen LogP contribution in [0.3, 0.4) is 0 Å². The molecule has 0 radical (unpaired) electrons. The molecule has 0 spiro atoms. The molecule has 5 heteroatoms. The Bertz CT molecular complexity index is 540. The minimum Gasteiger partial charge on any atom is -0.384 e. The summed E-state index contributed by atoms with van der Waals surface area (Å²) in [7, 11) is 0. The fraction of sp³-hybridized carbons (Fsp3) is 0.0833. The van der Waals surface area contributed by atoms with Gasteiger partial charge in [-0.15, -0.1) is 0 Å². The van der Waals surface area contributed by atoms with E-state index in [1.807, 2.05) is 30.3 Å². The van der Waals surface area contributed by atoms with Gasteiger partial charge in [-0.3, -0.25) is 0 Å². The summed E-state index contributed by atoms with van der Waals surface area (Å²) in [5, 5.41) is 0. The largest absolute Gasteiger partial charge is 0.384 e. The Balaban J connectivity index is 2.26. The summed E-state index contributed by atoms with van der Waals surface area (Å²) < 4.78 is 19.4. The zero-order valence-electron chi connectivity index (χ0n) is 9.04. The molecule has 4 nitrogen and oxygen atoms in total. The Morgan fingerprint density at radius 1 is 1.18 bits per heavy atom. The molecule has 0 saturated heterocycles. The molecule has 0 bridgehead atoms. The molecule has 0 aliphatic carbocycles. The molecule has 0 saturated carbocycles. The number of pyridine rings is 1. The predicted octanol–water partition coefficient (Wildman–Crippen LogP) is 2.05. The van der Waals surface area contributed by atoms with Gasteiger partial charge in [-0.1, -0.05) is 24.3 Å². The Hall–Kier alpha value is -1.72. The Morgan fingerprint density at radius 3 is 2.47 bits per heavy atom. The summed E-state index contributed by atoms with van der Waals surface area (Å²) in [4.78, 5) is 3.93. The summed E-state index contributed by atoms with van der Waals surface area (Å²) in [6.45, 7) is 0. The monoisotopic (exact) mass is 248 g/mol. The number of hydrogen-bond donors (Lipinski definition) is 2. The maximum atomic E-state index is 10.7. The lowest BCUT2D eigenvalue weighted by molar-refractivity contribution is 0.563. The minimum atomic E-state index is -1.80. The maximum Gasteiger partial charge on any atom is 0.157 e. The third kappa shape index (κ3) is 3.12. The van der Waals surface area contributed by atoms with Crippen molar-refractivity contribution in [3.8, 4) is 11.1 Å². The number of rotatable bonds is 3. The fourth-order valence-corrected chi connectivity index (χ4v) is 2.04. The smallest absolute Gasteiger partial charge is 0.157 e. The van der Waals surface area contributed by atoms with E-state index in [0.29, 0.717) is 5.82 Å². The number of nitrogen functional groups attached to an aromatic ring is 1. The second-order valence-corrected chi connectivity index (χ2v) is 4.56. The van der Waals surface area contributed by atoms with Gasteiger partial charge in [0.2, 0.25) is 0 Å². The number of benzene rings is 1. The maximum absolute atomic E-state index is 10.7. The molecule has 17 heavy (non-hydrogen) atoms. The van der Waals surface area contributed by atoms with Crippen LogP contribution in [-0.4, -0.2) is 13.7 Å². The zero-order chi connectivity index (χ0) is 12.3. The first-order valence-corrected chi connectivity index (χ1v) is 6.31. The molecule has 0 aliphatic heterocycles. The van der Waals surface area contributed by atoms with E-state index in [0.717, 1.165) is 16.7 Å². The lowest BCUT2D eigenvalue weighted by Gasteiger charge is -2.03. The molecule has 1 aromatic heterocycles. The standard InChI is InChI=1S/C12H12N2O2S/c13-12-7-11(5-6-14-12)10-3-1-9(2-4-10)8-17(15)16/h1-7H,8H2,(H2,13,14)(H,15,16). The quantitative estimate of drug-likeness (QED) is 0.815. The van der Waals surface area contributed by atoms with E-state index in [-0.39, 0.29) is 5.75 Å². The van der Waals surface area contributed by atoms with E-state index in [9.17, 15) is 4.21 Å². The van der Waals surface area contributed by atoms with Crippen LogP contribution in [0.5, 0.6) is 0 Å². The van der Waals surface area contributed by atoms with E-state index in [4.69, 9.17) is 10.3 Å². The number of anilines is 1. The highest BCUT2D eigenvalue weighted by Gasteiger charge is 2.01. The van der Waals surface area contributed by atoms with Crippen LogP contribution in [0.4, 0.5) is 5.82 Å². The van der Waals surface area contributed by atoms with Crippen molar-refractivity contribution in [3.05, 3.63) is 48.2 Å². The first-order chi connectivity index (χ1) is 8.15. The molecule has 3 N–H and O–H groups in total. The van der Waals surface area contributed by atoms with Gasteiger partial charge in [0.15, 0.2) is 11.1 Å². The van der Waals surface area contributed by atoms with Crippen LogP contribution < -0.4 is 5.73 Å². The van der Waals surface area contributed by atoms with Gasteiger partial charge in [0.05, 0.1) is 5.75 Å². The van der Waals surface area contributed by atoms with Crippen molar-refractivity contribution in [1.82, 2.24) is 4.98 Å². The van der Waals surface area contributed by atoms with Gasteiger partial charge in [0.1, 0.15) is 5.82 Å². The highest BCUT2D eigenvalue weighted by atomic mass is 32.2. The van der Waals surface area contributed by atoms with Crippen molar-refractivity contribution in [2.75, 3.05) is 5.73 Å². The van der Waals surface area contributed by atoms with Gasteiger partial charge in [-0.25, -0.2) is 9.19 Å². The van der Waals surface area contributed by atoms with E-state index in [1.54, 1.807) is 12.3 Å². The highest BCUT2D eigenvalue weighted by Crippen LogP contribution is 2.20. The van der Waals surface area contributed by atoms with E-state index in [1.165, 1.54) is 0 Å². The second kappa shape index (κ2) is 5.07.